The van der Waals surface area contributed by atoms with Gasteiger partial charge >= 0.3 is 0 Å². The highest BCUT2D eigenvalue weighted by atomic mass is 16.2. The van der Waals surface area contributed by atoms with Crippen LogP contribution in [0.5, 0.6) is 0 Å². The third-order valence-electron chi connectivity index (χ3n) is 5.47. The summed E-state index contributed by atoms with van der Waals surface area (Å²) in [4.78, 5) is 28.5. The molecule has 0 radical (unpaired) electrons. The zero-order valence-electron chi connectivity index (χ0n) is 16.2. The second-order valence-corrected chi connectivity index (χ2v) is 7.45. The normalized spacial score (nSPS) is 13.3. The molecular formula is C24H20N4O. The summed E-state index contributed by atoms with van der Waals surface area (Å²) in [6, 6.07) is 16.3. The van der Waals surface area contributed by atoms with Gasteiger partial charge in [0.25, 0.3) is 5.91 Å². The van der Waals surface area contributed by atoms with Crippen molar-refractivity contribution in [3.05, 3.63) is 89.5 Å². The zero-order valence-corrected chi connectivity index (χ0v) is 16.2. The largest absolute Gasteiger partial charge is 0.334 e. The van der Waals surface area contributed by atoms with Crippen LogP contribution in [0.4, 0.5) is 0 Å². The Morgan fingerprint density at radius 1 is 1.00 bits per heavy atom. The maximum Gasteiger partial charge on any atom is 0.254 e. The standard InChI is InChI=1S/C24H20N4O/c1-16-6-7-20-21(11-22(27-23(20)10-16)19-12-25-15-26-13-19)24(29)28-9-8-17-4-2-3-5-18(17)14-28/h2-7,10-13,15H,8-9,14H2,1H3. The molecule has 5 heteroatoms. The van der Waals surface area contributed by atoms with Gasteiger partial charge < -0.3 is 4.90 Å². The fourth-order valence-electron chi connectivity index (χ4n) is 3.93. The van der Waals surface area contributed by atoms with Crippen LogP contribution < -0.4 is 0 Å². The number of carbonyl (C=O) groups is 1. The average molecular weight is 380 g/mol. The summed E-state index contributed by atoms with van der Waals surface area (Å²) in [5.74, 6) is 0.0360. The summed E-state index contributed by atoms with van der Waals surface area (Å²) < 4.78 is 0. The molecule has 29 heavy (non-hydrogen) atoms. The van der Waals surface area contributed by atoms with E-state index in [0.29, 0.717) is 17.8 Å². The Balaban J connectivity index is 1.61. The maximum absolute atomic E-state index is 13.6. The Bertz CT molecular complexity index is 1220. The molecule has 4 aromatic rings. The lowest BCUT2D eigenvalue weighted by molar-refractivity contribution is 0.0736. The minimum Gasteiger partial charge on any atom is -0.334 e. The lowest BCUT2D eigenvalue weighted by Gasteiger charge is -2.29. The van der Waals surface area contributed by atoms with E-state index in [-0.39, 0.29) is 5.91 Å². The molecule has 0 saturated heterocycles. The molecule has 5 rings (SSSR count). The number of carbonyl (C=O) groups excluding carboxylic acids is 1. The Morgan fingerprint density at radius 2 is 1.79 bits per heavy atom. The number of nitrogens with zero attached hydrogens (tertiary/aromatic N) is 4. The van der Waals surface area contributed by atoms with E-state index in [1.165, 1.54) is 17.5 Å². The van der Waals surface area contributed by atoms with E-state index in [0.717, 1.165) is 35.0 Å². The molecule has 3 heterocycles. The number of fused-ring (bicyclic) bond motifs is 2. The summed E-state index contributed by atoms with van der Waals surface area (Å²) in [5, 5.41) is 0.875. The van der Waals surface area contributed by atoms with Gasteiger partial charge in [-0.25, -0.2) is 15.0 Å². The topological polar surface area (TPSA) is 59.0 Å². The maximum atomic E-state index is 13.6. The zero-order chi connectivity index (χ0) is 19.8. The lowest BCUT2D eigenvalue weighted by Crippen LogP contribution is -2.36. The molecule has 5 nitrogen and oxygen atoms in total. The summed E-state index contributed by atoms with van der Waals surface area (Å²) in [7, 11) is 0. The highest BCUT2D eigenvalue weighted by molar-refractivity contribution is 6.07. The van der Waals surface area contributed by atoms with Gasteiger partial charge in [0.1, 0.15) is 6.33 Å². The minimum absolute atomic E-state index is 0.0360. The van der Waals surface area contributed by atoms with Crippen LogP contribution in [0, 0.1) is 6.92 Å². The summed E-state index contributed by atoms with van der Waals surface area (Å²) in [6.45, 7) is 3.38. The first-order valence-electron chi connectivity index (χ1n) is 9.72. The smallest absolute Gasteiger partial charge is 0.254 e. The highest BCUT2D eigenvalue weighted by Gasteiger charge is 2.24. The third-order valence-corrected chi connectivity index (χ3v) is 5.47. The number of hydrogen-bond acceptors (Lipinski definition) is 4. The van der Waals surface area contributed by atoms with Gasteiger partial charge in [-0.05, 0) is 42.2 Å². The van der Waals surface area contributed by atoms with Crippen LogP contribution in [0.3, 0.4) is 0 Å². The van der Waals surface area contributed by atoms with E-state index in [1.807, 2.05) is 42.2 Å². The second-order valence-electron chi connectivity index (χ2n) is 7.45. The molecule has 0 bridgehead atoms. The summed E-state index contributed by atoms with van der Waals surface area (Å²) >= 11 is 0. The van der Waals surface area contributed by atoms with Gasteiger partial charge in [-0.1, -0.05) is 36.4 Å². The van der Waals surface area contributed by atoms with E-state index in [9.17, 15) is 4.79 Å². The van der Waals surface area contributed by atoms with Crippen molar-refractivity contribution in [1.29, 1.82) is 0 Å². The highest BCUT2D eigenvalue weighted by Crippen LogP contribution is 2.28. The fourth-order valence-corrected chi connectivity index (χ4v) is 3.93. The van der Waals surface area contributed by atoms with Crippen LogP contribution in [-0.4, -0.2) is 32.3 Å². The molecule has 0 unspecified atom stereocenters. The van der Waals surface area contributed by atoms with Crippen LogP contribution in [0.2, 0.25) is 0 Å². The van der Waals surface area contributed by atoms with Crippen molar-refractivity contribution in [1.82, 2.24) is 19.9 Å². The molecule has 0 atom stereocenters. The number of benzene rings is 2. The van der Waals surface area contributed by atoms with E-state index < -0.39 is 0 Å². The van der Waals surface area contributed by atoms with E-state index in [2.05, 4.69) is 28.2 Å². The van der Waals surface area contributed by atoms with Crippen LogP contribution in [0.25, 0.3) is 22.2 Å². The van der Waals surface area contributed by atoms with Gasteiger partial charge in [0.15, 0.2) is 0 Å². The van der Waals surface area contributed by atoms with Crippen LogP contribution in [-0.2, 0) is 13.0 Å². The second kappa shape index (κ2) is 7.09. The number of pyridine rings is 1. The molecule has 0 fully saturated rings. The van der Waals surface area contributed by atoms with Crippen molar-refractivity contribution in [3.63, 3.8) is 0 Å². The molecule has 2 aromatic heterocycles. The van der Waals surface area contributed by atoms with Gasteiger partial charge in [-0.15, -0.1) is 0 Å². The van der Waals surface area contributed by atoms with Crippen molar-refractivity contribution in [2.24, 2.45) is 0 Å². The van der Waals surface area contributed by atoms with Crippen molar-refractivity contribution < 1.29 is 4.79 Å². The van der Waals surface area contributed by atoms with Gasteiger partial charge in [0.05, 0.1) is 16.8 Å². The average Bonchev–Trinajstić information content (AvgIpc) is 2.78. The van der Waals surface area contributed by atoms with Crippen molar-refractivity contribution in [2.75, 3.05) is 6.54 Å². The van der Waals surface area contributed by atoms with E-state index >= 15 is 0 Å². The predicted octanol–water partition coefficient (Wildman–Crippen LogP) is 4.20. The molecular weight excluding hydrogens is 360 g/mol. The molecule has 2 aromatic carbocycles. The number of hydrogen-bond donors (Lipinski definition) is 0. The Morgan fingerprint density at radius 3 is 2.62 bits per heavy atom. The number of aryl methyl sites for hydroxylation is 1. The Hall–Kier alpha value is -3.60. The molecule has 0 aliphatic carbocycles. The summed E-state index contributed by atoms with van der Waals surface area (Å²) in [5.41, 5.74) is 6.65. The van der Waals surface area contributed by atoms with Crippen molar-refractivity contribution in [3.8, 4) is 11.3 Å². The number of rotatable bonds is 2. The van der Waals surface area contributed by atoms with E-state index in [4.69, 9.17) is 4.98 Å². The van der Waals surface area contributed by atoms with Gasteiger partial charge in [-0.3, -0.25) is 4.79 Å². The van der Waals surface area contributed by atoms with Crippen LogP contribution >= 0.6 is 0 Å². The lowest BCUT2D eigenvalue weighted by atomic mass is 9.98. The minimum atomic E-state index is 0.0360. The molecule has 0 spiro atoms. The first-order chi connectivity index (χ1) is 14.2. The monoisotopic (exact) mass is 380 g/mol. The number of aromatic nitrogens is 3. The predicted molar refractivity (Wildman–Crippen MR) is 112 cm³/mol. The van der Waals surface area contributed by atoms with Crippen molar-refractivity contribution in [2.45, 2.75) is 19.9 Å². The first kappa shape index (κ1) is 17.5. The summed E-state index contributed by atoms with van der Waals surface area (Å²) in [6.07, 6.45) is 5.82. The number of amides is 1. The molecule has 0 saturated carbocycles. The molecule has 1 aliphatic rings. The quantitative estimate of drug-likeness (QED) is 0.523. The first-order valence-corrected chi connectivity index (χ1v) is 9.72. The molecule has 0 N–H and O–H groups in total. The van der Waals surface area contributed by atoms with Gasteiger partial charge in [-0.2, -0.15) is 0 Å². The molecule has 142 valence electrons. The van der Waals surface area contributed by atoms with E-state index in [1.54, 1.807) is 12.4 Å². The Labute approximate surface area is 169 Å². The van der Waals surface area contributed by atoms with Gasteiger partial charge in [0, 0.05) is 36.4 Å². The molecule has 1 amide bonds. The van der Waals surface area contributed by atoms with Crippen LogP contribution in [0.15, 0.2) is 67.3 Å². The van der Waals surface area contributed by atoms with Crippen LogP contribution in [0.1, 0.15) is 27.0 Å². The van der Waals surface area contributed by atoms with Gasteiger partial charge in [0.2, 0.25) is 0 Å². The van der Waals surface area contributed by atoms with Crippen molar-refractivity contribution >= 4 is 16.8 Å². The third kappa shape index (κ3) is 3.25. The Kier molecular flexibility index (Phi) is 4.28. The molecule has 1 aliphatic heterocycles. The fraction of sp³-hybridized carbons (Fsp3) is 0.167. The SMILES string of the molecule is Cc1ccc2c(C(=O)N3CCc4ccccc4C3)cc(-c3cncnc3)nc2c1.